The van der Waals surface area contributed by atoms with E-state index < -0.39 is 5.97 Å². The van der Waals surface area contributed by atoms with Crippen molar-refractivity contribution < 1.29 is 9.90 Å². The van der Waals surface area contributed by atoms with Gasteiger partial charge in [-0.1, -0.05) is 11.3 Å². The largest absolute Gasteiger partial charge is 0.480 e. The molecule has 0 spiro atoms. The molecule has 0 aliphatic carbocycles. The van der Waals surface area contributed by atoms with Gasteiger partial charge in [0.1, 0.15) is 6.54 Å². The van der Waals surface area contributed by atoms with Crippen LogP contribution in [0.15, 0.2) is 22.3 Å². The molecule has 0 aliphatic heterocycles. The Morgan fingerprint density at radius 2 is 2.25 bits per heavy atom. The van der Waals surface area contributed by atoms with Gasteiger partial charge in [0.05, 0.1) is 10.6 Å². The summed E-state index contributed by atoms with van der Waals surface area (Å²) >= 11 is 2.58. The van der Waals surface area contributed by atoms with Gasteiger partial charge in [-0.2, -0.15) is 0 Å². The molecule has 2 aromatic rings. The molecule has 0 aliphatic rings. The zero-order valence-corrected chi connectivity index (χ0v) is 10.1. The van der Waals surface area contributed by atoms with Gasteiger partial charge < -0.3 is 5.11 Å². The quantitative estimate of drug-likeness (QED) is 0.913. The van der Waals surface area contributed by atoms with E-state index in [1.54, 1.807) is 16.7 Å². The van der Waals surface area contributed by atoms with E-state index in [1.165, 1.54) is 4.57 Å². The fourth-order valence-corrected chi connectivity index (χ4v) is 3.10. The smallest absolute Gasteiger partial charge is 0.323 e. The van der Waals surface area contributed by atoms with Crippen molar-refractivity contribution in [3.63, 3.8) is 0 Å². The lowest BCUT2D eigenvalue weighted by atomic mass is 10.3. The van der Waals surface area contributed by atoms with Crippen LogP contribution in [0.5, 0.6) is 0 Å². The molecule has 0 aromatic carbocycles. The van der Waals surface area contributed by atoms with Crippen molar-refractivity contribution in [2.24, 2.45) is 0 Å². The zero-order valence-electron chi connectivity index (χ0n) is 8.47. The minimum absolute atomic E-state index is 0.233. The van der Waals surface area contributed by atoms with Gasteiger partial charge in [-0.05, 0) is 19.1 Å². The average Bonchev–Trinajstić information content (AvgIpc) is 2.75. The summed E-state index contributed by atoms with van der Waals surface area (Å²) in [4.78, 5) is 24.0. The minimum Gasteiger partial charge on any atom is -0.480 e. The number of thiazole rings is 1. The molecular weight excluding hydrogens is 246 g/mol. The van der Waals surface area contributed by atoms with E-state index in [1.807, 2.05) is 19.1 Å². The van der Waals surface area contributed by atoms with E-state index >= 15 is 0 Å². The number of nitrogens with zero attached hydrogens (tertiary/aromatic N) is 1. The standard InChI is InChI=1S/C10H9NO3S2/c1-6-2-3-8(16-6)7-5-15-10(14)11(7)4-9(12)13/h2-3,5H,4H2,1H3,(H,12,13). The highest BCUT2D eigenvalue weighted by molar-refractivity contribution is 7.15. The number of aliphatic carboxylic acids is 1. The Kier molecular flexibility index (Phi) is 2.93. The second-order valence-corrected chi connectivity index (χ2v) is 5.39. The van der Waals surface area contributed by atoms with Crippen molar-refractivity contribution in [2.45, 2.75) is 13.5 Å². The number of carboxylic acid groups (broad SMARTS) is 1. The van der Waals surface area contributed by atoms with Crippen LogP contribution in [0.2, 0.25) is 0 Å². The summed E-state index contributed by atoms with van der Waals surface area (Å²) < 4.78 is 1.29. The summed E-state index contributed by atoms with van der Waals surface area (Å²) in [5, 5.41) is 10.4. The molecule has 4 nitrogen and oxygen atoms in total. The Balaban J connectivity index is 2.49. The van der Waals surface area contributed by atoms with Gasteiger partial charge in [-0.25, -0.2) is 0 Å². The summed E-state index contributed by atoms with van der Waals surface area (Å²) in [5.74, 6) is -1.00. The lowest BCUT2D eigenvalue weighted by Gasteiger charge is -2.01. The van der Waals surface area contributed by atoms with Crippen LogP contribution in [0, 0.1) is 6.92 Å². The first-order valence-corrected chi connectivity index (χ1v) is 6.24. The Bertz CT molecular complexity index is 579. The Morgan fingerprint density at radius 1 is 1.50 bits per heavy atom. The third kappa shape index (κ3) is 2.07. The fourth-order valence-electron chi connectivity index (χ4n) is 1.38. The molecular formula is C10H9NO3S2. The molecule has 2 heterocycles. The maximum absolute atomic E-state index is 11.5. The Morgan fingerprint density at radius 3 is 2.81 bits per heavy atom. The molecule has 0 atom stereocenters. The van der Waals surface area contributed by atoms with E-state index in [0.29, 0.717) is 5.69 Å². The van der Waals surface area contributed by atoms with Crippen LogP contribution in [-0.2, 0) is 11.3 Å². The number of aromatic nitrogens is 1. The van der Waals surface area contributed by atoms with Crippen molar-refractivity contribution in [1.82, 2.24) is 4.57 Å². The predicted molar refractivity (Wildman–Crippen MR) is 64.3 cm³/mol. The van der Waals surface area contributed by atoms with Crippen molar-refractivity contribution in [1.29, 1.82) is 0 Å². The topological polar surface area (TPSA) is 59.3 Å². The third-order valence-electron chi connectivity index (χ3n) is 2.07. The molecule has 0 unspecified atom stereocenters. The number of hydrogen-bond acceptors (Lipinski definition) is 4. The second kappa shape index (κ2) is 4.23. The van der Waals surface area contributed by atoms with Crippen molar-refractivity contribution in [3.05, 3.63) is 32.1 Å². The van der Waals surface area contributed by atoms with Crippen LogP contribution >= 0.6 is 22.7 Å². The van der Waals surface area contributed by atoms with Gasteiger partial charge in [0, 0.05) is 10.3 Å². The monoisotopic (exact) mass is 255 g/mol. The van der Waals surface area contributed by atoms with Crippen LogP contribution in [0.1, 0.15) is 4.88 Å². The first-order valence-electron chi connectivity index (χ1n) is 4.55. The normalized spacial score (nSPS) is 10.6. The first-order chi connectivity index (χ1) is 7.58. The molecule has 1 N–H and O–H groups in total. The highest BCUT2D eigenvalue weighted by Gasteiger charge is 2.12. The predicted octanol–water partition coefficient (Wildman–Crippen LogP) is 2.03. The molecule has 84 valence electrons. The van der Waals surface area contributed by atoms with E-state index in [2.05, 4.69) is 0 Å². The number of hydrogen-bond donors (Lipinski definition) is 1. The van der Waals surface area contributed by atoms with Crippen LogP contribution in [0.3, 0.4) is 0 Å². The molecule has 16 heavy (non-hydrogen) atoms. The first kappa shape index (κ1) is 11.1. The lowest BCUT2D eigenvalue weighted by Crippen LogP contribution is -2.19. The van der Waals surface area contributed by atoms with Gasteiger partial charge in [-0.15, -0.1) is 11.3 Å². The van der Waals surface area contributed by atoms with Crippen molar-refractivity contribution in [3.8, 4) is 10.6 Å². The van der Waals surface area contributed by atoms with Crippen molar-refractivity contribution in [2.75, 3.05) is 0 Å². The molecule has 6 heteroatoms. The maximum Gasteiger partial charge on any atom is 0.323 e. The summed E-state index contributed by atoms with van der Waals surface area (Å²) in [5.41, 5.74) is 0.690. The molecule has 0 amide bonds. The van der Waals surface area contributed by atoms with E-state index in [0.717, 1.165) is 21.1 Å². The molecule has 2 aromatic heterocycles. The van der Waals surface area contributed by atoms with E-state index in [9.17, 15) is 9.59 Å². The highest BCUT2D eigenvalue weighted by atomic mass is 32.1. The maximum atomic E-state index is 11.5. The summed E-state index contributed by atoms with van der Waals surface area (Å²) in [7, 11) is 0. The third-order valence-corrected chi connectivity index (χ3v) is 3.86. The Hall–Kier alpha value is -1.40. The molecule has 0 bridgehead atoms. The molecule has 0 saturated carbocycles. The number of carboxylic acids is 1. The van der Waals surface area contributed by atoms with E-state index in [4.69, 9.17) is 5.11 Å². The average molecular weight is 255 g/mol. The Labute approximate surface area is 99.4 Å². The van der Waals surface area contributed by atoms with Crippen LogP contribution in [-0.4, -0.2) is 15.6 Å². The van der Waals surface area contributed by atoms with Gasteiger partial charge >= 0.3 is 10.8 Å². The summed E-state index contributed by atoms with van der Waals surface area (Å²) in [6.07, 6.45) is 0. The fraction of sp³-hybridized carbons (Fsp3) is 0.200. The van der Waals surface area contributed by atoms with E-state index in [-0.39, 0.29) is 11.4 Å². The molecule has 0 fully saturated rings. The van der Waals surface area contributed by atoms with Gasteiger partial charge in [-0.3, -0.25) is 14.2 Å². The molecule has 2 rings (SSSR count). The van der Waals surface area contributed by atoms with Gasteiger partial charge in [0.25, 0.3) is 0 Å². The molecule has 0 saturated heterocycles. The SMILES string of the molecule is Cc1ccc(-c2csc(=O)n2CC(=O)O)s1. The van der Waals surface area contributed by atoms with Gasteiger partial charge in [0.15, 0.2) is 0 Å². The lowest BCUT2D eigenvalue weighted by molar-refractivity contribution is -0.137. The zero-order chi connectivity index (χ0) is 11.7. The van der Waals surface area contributed by atoms with Crippen molar-refractivity contribution >= 4 is 28.6 Å². The summed E-state index contributed by atoms with van der Waals surface area (Å²) in [6.45, 7) is 1.69. The molecule has 0 radical (unpaired) electrons. The minimum atomic E-state index is -1.00. The summed E-state index contributed by atoms with van der Waals surface area (Å²) in [6, 6.07) is 3.85. The second-order valence-electron chi connectivity index (χ2n) is 3.28. The number of rotatable bonds is 3. The van der Waals surface area contributed by atoms with Crippen LogP contribution in [0.4, 0.5) is 0 Å². The number of aryl methyl sites for hydroxylation is 1. The number of thiophene rings is 1. The highest BCUT2D eigenvalue weighted by Crippen LogP contribution is 2.27. The van der Waals surface area contributed by atoms with Gasteiger partial charge in [0.2, 0.25) is 0 Å². The number of carbonyl (C=O) groups is 1. The van der Waals surface area contributed by atoms with Crippen LogP contribution < -0.4 is 4.87 Å². The van der Waals surface area contributed by atoms with Crippen LogP contribution in [0.25, 0.3) is 10.6 Å².